The number of rotatable bonds is 6. The van der Waals surface area contributed by atoms with Crippen LogP contribution in [-0.2, 0) is 9.59 Å². The van der Waals surface area contributed by atoms with Crippen molar-refractivity contribution in [3.8, 4) is 0 Å². The molecule has 32 heavy (non-hydrogen) atoms. The summed E-state index contributed by atoms with van der Waals surface area (Å²) in [5, 5.41) is 3.73. The lowest BCUT2D eigenvalue weighted by Gasteiger charge is -2.42. The van der Waals surface area contributed by atoms with Crippen LogP contribution in [0.4, 0.5) is 0 Å². The molecule has 9 heteroatoms. The van der Waals surface area contributed by atoms with Gasteiger partial charge in [0.1, 0.15) is 6.04 Å². The van der Waals surface area contributed by atoms with Crippen molar-refractivity contribution < 1.29 is 14.4 Å². The van der Waals surface area contributed by atoms with Crippen molar-refractivity contribution in [2.24, 2.45) is 5.73 Å². The molecule has 0 bridgehead atoms. The number of hydrogen-bond acceptors (Lipinski definition) is 5. The van der Waals surface area contributed by atoms with Crippen molar-refractivity contribution in [2.45, 2.75) is 31.3 Å². The third-order valence-electron chi connectivity index (χ3n) is 6.66. The number of amides is 3. The van der Waals surface area contributed by atoms with Crippen LogP contribution < -0.4 is 11.1 Å². The van der Waals surface area contributed by atoms with Crippen LogP contribution in [0.2, 0.25) is 0 Å². The van der Waals surface area contributed by atoms with Gasteiger partial charge < -0.3 is 25.8 Å². The number of piperidine rings is 1. The number of H-pyrrole nitrogens is 1. The van der Waals surface area contributed by atoms with E-state index in [2.05, 4.69) is 27.1 Å². The molecule has 0 spiro atoms. The van der Waals surface area contributed by atoms with Gasteiger partial charge in [-0.3, -0.25) is 19.3 Å². The summed E-state index contributed by atoms with van der Waals surface area (Å²) < 4.78 is 0. The first kappa shape index (κ1) is 22.3. The molecule has 2 aliphatic heterocycles. The number of fused-ring (bicyclic) bond motifs is 1. The maximum Gasteiger partial charge on any atom is 0.252 e. The molecule has 0 unspecified atom stereocenters. The SMILES string of the molecule is CN1CCC(N2CCN(C(=O)[C@@H](CC(N)=O)NC(=O)c3ccc4cc[nH]c4c3)CC2)CC1. The number of piperazine rings is 1. The molecule has 2 fully saturated rings. The van der Waals surface area contributed by atoms with Gasteiger partial charge in [0.15, 0.2) is 0 Å². The van der Waals surface area contributed by atoms with Gasteiger partial charge in [0.05, 0.1) is 6.42 Å². The van der Waals surface area contributed by atoms with Gasteiger partial charge in [0.2, 0.25) is 11.8 Å². The maximum atomic E-state index is 13.2. The van der Waals surface area contributed by atoms with Gasteiger partial charge in [-0.25, -0.2) is 0 Å². The first-order chi connectivity index (χ1) is 15.4. The Labute approximate surface area is 187 Å². The van der Waals surface area contributed by atoms with Crippen LogP contribution in [0.5, 0.6) is 0 Å². The lowest BCUT2D eigenvalue weighted by atomic mass is 10.0. The molecule has 2 saturated heterocycles. The van der Waals surface area contributed by atoms with Crippen molar-refractivity contribution in [1.29, 1.82) is 0 Å². The molecule has 4 rings (SSSR count). The number of likely N-dealkylation sites (tertiary alicyclic amines) is 1. The van der Waals surface area contributed by atoms with E-state index >= 15 is 0 Å². The van der Waals surface area contributed by atoms with Crippen molar-refractivity contribution in [3.63, 3.8) is 0 Å². The van der Waals surface area contributed by atoms with E-state index in [9.17, 15) is 14.4 Å². The summed E-state index contributed by atoms with van der Waals surface area (Å²) in [6, 6.07) is 6.80. The topological polar surface area (TPSA) is 115 Å². The van der Waals surface area contributed by atoms with E-state index in [4.69, 9.17) is 5.73 Å². The Hall–Kier alpha value is -2.91. The Balaban J connectivity index is 1.37. The number of nitrogens with one attached hydrogen (secondary N) is 2. The molecule has 1 aromatic carbocycles. The molecule has 1 atom stereocenters. The number of nitrogens with zero attached hydrogens (tertiary/aromatic N) is 3. The van der Waals surface area contributed by atoms with Gasteiger partial charge in [-0.15, -0.1) is 0 Å². The molecule has 3 heterocycles. The minimum Gasteiger partial charge on any atom is -0.370 e. The minimum absolute atomic E-state index is 0.218. The maximum absolute atomic E-state index is 13.2. The predicted molar refractivity (Wildman–Crippen MR) is 122 cm³/mol. The summed E-state index contributed by atoms with van der Waals surface area (Å²) in [5.41, 5.74) is 6.65. The Morgan fingerprint density at radius 2 is 1.81 bits per heavy atom. The van der Waals surface area contributed by atoms with E-state index in [0.717, 1.165) is 49.9 Å². The number of primary amides is 1. The van der Waals surface area contributed by atoms with E-state index in [1.807, 2.05) is 12.1 Å². The molecule has 172 valence electrons. The van der Waals surface area contributed by atoms with Crippen LogP contribution in [0, 0.1) is 0 Å². The largest absolute Gasteiger partial charge is 0.370 e. The normalized spacial score (nSPS) is 19.7. The average Bonchev–Trinajstić information content (AvgIpc) is 3.26. The molecule has 3 amide bonds. The second-order valence-corrected chi connectivity index (χ2v) is 8.87. The Morgan fingerprint density at radius 1 is 1.09 bits per heavy atom. The predicted octanol–water partition coefficient (Wildman–Crippen LogP) is 0.380. The van der Waals surface area contributed by atoms with E-state index in [0.29, 0.717) is 24.7 Å². The molecule has 0 saturated carbocycles. The lowest BCUT2D eigenvalue weighted by Crippen LogP contribution is -2.58. The van der Waals surface area contributed by atoms with Crippen LogP contribution in [0.25, 0.3) is 10.9 Å². The third-order valence-corrected chi connectivity index (χ3v) is 6.66. The number of benzene rings is 1. The molecule has 2 aliphatic rings. The quantitative estimate of drug-likeness (QED) is 0.601. The number of nitrogens with two attached hydrogens (primary N) is 1. The van der Waals surface area contributed by atoms with Gasteiger partial charge in [0, 0.05) is 49.5 Å². The van der Waals surface area contributed by atoms with Gasteiger partial charge in [-0.05, 0) is 56.6 Å². The fourth-order valence-electron chi connectivity index (χ4n) is 4.72. The van der Waals surface area contributed by atoms with Crippen LogP contribution >= 0.6 is 0 Å². The molecule has 0 radical (unpaired) electrons. The van der Waals surface area contributed by atoms with Gasteiger partial charge in [0.25, 0.3) is 5.91 Å². The summed E-state index contributed by atoms with van der Waals surface area (Å²) in [6.45, 7) is 4.99. The molecular formula is C23H32N6O3. The van der Waals surface area contributed by atoms with Crippen LogP contribution in [-0.4, -0.2) is 95.8 Å². The fraction of sp³-hybridized carbons (Fsp3) is 0.522. The van der Waals surface area contributed by atoms with Crippen LogP contribution in [0.15, 0.2) is 30.5 Å². The summed E-state index contributed by atoms with van der Waals surface area (Å²) in [6.07, 6.45) is 3.88. The fourth-order valence-corrected chi connectivity index (χ4v) is 4.72. The zero-order valence-electron chi connectivity index (χ0n) is 18.5. The number of carbonyl (C=O) groups excluding carboxylic acids is 3. The number of hydrogen-bond donors (Lipinski definition) is 3. The minimum atomic E-state index is -0.964. The molecule has 4 N–H and O–H groups in total. The lowest BCUT2D eigenvalue weighted by molar-refractivity contribution is -0.137. The van der Waals surface area contributed by atoms with Crippen molar-refractivity contribution in [1.82, 2.24) is 25.0 Å². The van der Waals surface area contributed by atoms with E-state index in [1.165, 1.54) is 0 Å². The number of aromatic nitrogens is 1. The summed E-state index contributed by atoms with van der Waals surface area (Å²) in [5.74, 6) is -1.26. The van der Waals surface area contributed by atoms with Crippen LogP contribution in [0.1, 0.15) is 29.6 Å². The average molecular weight is 441 g/mol. The Kier molecular flexibility index (Phi) is 6.76. The third kappa shape index (κ3) is 5.11. The molecule has 0 aliphatic carbocycles. The highest BCUT2D eigenvalue weighted by Gasteiger charge is 2.32. The second-order valence-electron chi connectivity index (χ2n) is 8.87. The first-order valence-electron chi connectivity index (χ1n) is 11.3. The zero-order chi connectivity index (χ0) is 22.7. The van der Waals surface area contributed by atoms with Crippen molar-refractivity contribution in [3.05, 3.63) is 36.0 Å². The smallest absolute Gasteiger partial charge is 0.252 e. The van der Waals surface area contributed by atoms with Crippen LogP contribution in [0.3, 0.4) is 0 Å². The van der Waals surface area contributed by atoms with Crippen molar-refractivity contribution >= 4 is 28.6 Å². The Morgan fingerprint density at radius 3 is 2.50 bits per heavy atom. The van der Waals surface area contributed by atoms with E-state index in [-0.39, 0.29) is 12.3 Å². The van der Waals surface area contributed by atoms with E-state index in [1.54, 1.807) is 23.2 Å². The monoisotopic (exact) mass is 440 g/mol. The summed E-state index contributed by atoms with van der Waals surface area (Å²) >= 11 is 0. The standard InChI is InChI=1S/C23H32N6O3/c1-27-8-5-18(6-9-27)28-10-12-29(13-11-28)23(32)20(15-21(24)30)26-22(31)17-3-2-16-4-7-25-19(16)14-17/h2-4,7,14,18,20,25H,5-6,8-13,15H2,1H3,(H2,24,30)(H,26,31)/t20-/m1/s1. The molecule has 1 aromatic heterocycles. The summed E-state index contributed by atoms with van der Waals surface area (Å²) in [7, 11) is 2.15. The highest BCUT2D eigenvalue weighted by molar-refractivity contribution is 6.01. The van der Waals surface area contributed by atoms with E-state index < -0.39 is 17.9 Å². The molecule has 9 nitrogen and oxygen atoms in total. The van der Waals surface area contributed by atoms with Gasteiger partial charge in [-0.1, -0.05) is 6.07 Å². The number of aromatic amines is 1. The van der Waals surface area contributed by atoms with Gasteiger partial charge >= 0.3 is 0 Å². The molecular weight excluding hydrogens is 408 g/mol. The summed E-state index contributed by atoms with van der Waals surface area (Å²) in [4.78, 5) is 47.2. The molecule has 2 aromatic rings. The highest BCUT2D eigenvalue weighted by atomic mass is 16.2. The first-order valence-corrected chi connectivity index (χ1v) is 11.3. The number of carbonyl (C=O) groups is 3. The zero-order valence-corrected chi connectivity index (χ0v) is 18.5. The second kappa shape index (κ2) is 9.70. The van der Waals surface area contributed by atoms with Gasteiger partial charge in [-0.2, -0.15) is 0 Å². The van der Waals surface area contributed by atoms with Crippen molar-refractivity contribution in [2.75, 3.05) is 46.3 Å². The highest BCUT2D eigenvalue weighted by Crippen LogP contribution is 2.18. The Bertz CT molecular complexity index is 973.